The molecular formula is C20H18Cl3N5O4S. The van der Waals surface area contributed by atoms with Gasteiger partial charge in [-0.2, -0.15) is 0 Å². The molecule has 1 atom stereocenters. The highest BCUT2D eigenvalue weighted by Gasteiger charge is 2.21. The van der Waals surface area contributed by atoms with Crippen molar-refractivity contribution in [2.45, 2.75) is 31.7 Å². The maximum atomic E-state index is 12.4. The molecule has 0 bridgehead atoms. The molecule has 1 amide bonds. The van der Waals surface area contributed by atoms with E-state index in [0.717, 1.165) is 11.8 Å². The largest absolute Gasteiger partial charge is 0.481 e. The minimum Gasteiger partial charge on any atom is -0.481 e. The van der Waals surface area contributed by atoms with Crippen LogP contribution in [0.5, 0.6) is 5.75 Å². The normalized spacial score (nSPS) is 11.8. The van der Waals surface area contributed by atoms with Crippen LogP contribution in [0.4, 0.5) is 11.4 Å². The number of carbonyl (C=O) groups excluding carboxylic acids is 1. The van der Waals surface area contributed by atoms with Crippen molar-refractivity contribution in [1.29, 1.82) is 0 Å². The zero-order chi connectivity index (χ0) is 24.1. The number of hydrogen-bond donors (Lipinski definition) is 1. The minimum atomic E-state index is -0.564. The van der Waals surface area contributed by atoms with Crippen molar-refractivity contribution in [3.8, 4) is 5.75 Å². The highest BCUT2D eigenvalue weighted by atomic mass is 35.5. The number of aromatic nitrogens is 3. The summed E-state index contributed by atoms with van der Waals surface area (Å²) in [5.74, 6) is 0.569. The van der Waals surface area contributed by atoms with E-state index >= 15 is 0 Å². The summed E-state index contributed by atoms with van der Waals surface area (Å²) < 4.78 is 7.74. The molecule has 174 valence electrons. The Morgan fingerprint density at radius 1 is 1.21 bits per heavy atom. The van der Waals surface area contributed by atoms with Crippen LogP contribution in [0, 0.1) is 10.1 Å². The zero-order valence-corrected chi connectivity index (χ0v) is 20.5. The molecule has 1 aromatic heterocycles. The van der Waals surface area contributed by atoms with Gasteiger partial charge in [0.05, 0.1) is 26.4 Å². The second kappa shape index (κ2) is 11.1. The summed E-state index contributed by atoms with van der Waals surface area (Å²) in [5.41, 5.74) is -0.0129. The second-order valence-electron chi connectivity index (χ2n) is 6.68. The van der Waals surface area contributed by atoms with E-state index in [4.69, 9.17) is 39.5 Å². The van der Waals surface area contributed by atoms with Gasteiger partial charge in [0, 0.05) is 29.8 Å². The third kappa shape index (κ3) is 6.29. The van der Waals surface area contributed by atoms with Crippen LogP contribution in [0.2, 0.25) is 15.1 Å². The topological polar surface area (TPSA) is 112 Å². The predicted molar refractivity (Wildman–Crippen MR) is 129 cm³/mol. The lowest BCUT2D eigenvalue weighted by Crippen LogP contribution is -2.16. The third-order valence-electron chi connectivity index (χ3n) is 4.39. The Kier molecular flexibility index (Phi) is 8.41. The van der Waals surface area contributed by atoms with E-state index in [1.54, 1.807) is 25.1 Å². The molecule has 0 spiro atoms. The monoisotopic (exact) mass is 529 g/mol. The number of nitro benzene ring substituents is 1. The molecule has 0 saturated heterocycles. The Labute approximate surface area is 208 Å². The average Bonchev–Trinajstić information content (AvgIpc) is 3.19. The first-order valence-electron chi connectivity index (χ1n) is 9.61. The van der Waals surface area contributed by atoms with Gasteiger partial charge in [0.1, 0.15) is 5.75 Å². The van der Waals surface area contributed by atoms with E-state index < -0.39 is 16.9 Å². The van der Waals surface area contributed by atoms with Crippen molar-refractivity contribution >= 4 is 63.8 Å². The number of thioether (sulfide) groups is 1. The maximum absolute atomic E-state index is 12.4. The van der Waals surface area contributed by atoms with Crippen molar-refractivity contribution < 1.29 is 14.5 Å². The summed E-state index contributed by atoms with van der Waals surface area (Å²) in [7, 11) is 0. The van der Waals surface area contributed by atoms with Gasteiger partial charge in [-0.25, -0.2) is 0 Å². The molecule has 1 N–H and O–H groups in total. The Hall–Kier alpha value is -2.53. The fourth-order valence-electron chi connectivity index (χ4n) is 2.85. The van der Waals surface area contributed by atoms with Crippen LogP contribution in [-0.2, 0) is 11.3 Å². The van der Waals surface area contributed by atoms with Gasteiger partial charge in [0.25, 0.3) is 5.69 Å². The Bertz CT molecular complexity index is 1190. The quantitative estimate of drug-likeness (QED) is 0.204. The number of nitro groups is 1. The van der Waals surface area contributed by atoms with Crippen LogP contribution in [0.1, 0.15) is 25.8 Å². The van der Waals surface area contributed by atoms with Crippen LogP contribution in [0.3, 0.4) is 0 Å². The molecule has 33 heavy (non-hydrogen) atoms. The van der Waals surface area contributed by atoms with E-state index in [1.165, 1.54) is 18.2 Å². The smallest absolute Gasteiger partial charge is 0.271 e. The summed E-state index contributed by atoms with van der Waals surface area (Å²) in [4.78, 5) is 22.8. The number of halogens is 3. The number of anilines is 1. The Morgan fingerprint density at radius 2 is 1.94 bits per heavy atom. The molecule has 3 aromatic rings. The first kappa shape index (κ1) is 25.1. The van der Waals surface area contributed by atoms with Crippen molar-refractivity contribution in [2.24, 2.45) is 0 Å². The number of nitrogens with one attached hydrogen (secondary N) is 1. The Morgan fingerprint density at radius 3 is 2.64 bits per heavy atom. The highest BCUT2D eigenvalue weighted by molar-refractivity contribution is 7.99. The minimum absolute atomic E-state index is 0.00743. The molecule has 13 heteroatoms. The SMILES string of the molecule is CCn1c(SCC(=O)Nc2cc([N+](=O)[O-])ccc2Cl)nnc1C(C)Oc1cc(Cl)ccc1Cl. The number of nitrogens with zero attached hydrogens (tertiary/aromatic N) is 4. The standard InChI is InChI=1S/C20H18Cl3N5O4S/c1-3-27-19(11(2)32-17-8-12(21)4-6-15(17)23)25-26-20(27)33-10-18(29)24-16-9-13(28(30)31)5-7-14(16)22/h4-9,11H,3,10H2,1-2H3,(H,24,29). The summed E-state index contributed by atoms with van der Waals surface area (Å²) in [6, 6.07) is 8.75. The molecule has 0 fully saturated rings. The van der Waals surface area contributed by atoms with Crippen LogP contribution < -0.4 is 10.1 Å². The van der Waals surface area contributed by atoms with Gasteiger partial charge in [0.2, 0.25) is 5.91 Å². The predicted octanol–water partition coefficient (Wildman–Crippen LogP) is 6.04. The average molecular weight is 531 g/mol. The van der Waals surface area contributed by atoms with Gasteiger partial charge in [-0.3, -0.25) is 14.9 Å². The summed E-state index contributed by atoms with van der Waals surface area (Å²) in [5, 5.41) is 23.5. The van der Waals surface area contributed by atoms with Crippen molar-refractivity contribution in [1.82, 2.24) is 14.8 Å². The van der Waals surface area contributed by atoms with E-state index in [9.17, 15) is 14.9 Å². The number of rotatable bonds is 9. The number of benzene rings is 2. The van der Waals surface area contributed by atoms with Gasteiger partial charge < -0.3 is 14.6 Å². The fraction of sp³-hybridized carbons (Fsp3) is 0.250. The number of carbonyl (C=O) groups is 1. The molecular weight excluding hydrogens is 513 g/mol. The molecule has 0 aliphatic rings. The van der Waals surface area contributed by atoms with Gasteiger partial charge in [-0.15, -0.1) is 10.2 Å². The molecule has 9 nitrogen and oxygen atoms in total. The molecule has 0 radical (unpaired) electrons. The van der Waals surface area contributed by atoms with Crippen LogP contribution in [0.25, 0.3) is 0 Å². The van der Waals surface area contributed by atoms with Gasteiger partial charge in [0.15, 0.2) is 17.1 Å². The van der Waals surface area contributed by atoms with Crippen molar-refractivity contribution in [2.75, 3.05) is 11.1 Å². The number of non-ortho nitro benzene ring substituents is 1. The van der Waals surface area contributed by atoms with Gasteiger partial charge in [-0.05, 0) is 32.0 Å². The molecule has 2 aromatic carbocycles. The van der Waals surface area contributed by atoms with Gasteiger partial charge >= 0.3 is 0 Å². The van der Waals surface area contributed by atoms with E-state index in [-0.39, 0.29) is 22.2 Å². The first-order valence-corrected chi connectivity index (χ1v) is 11.7. The summed E-state index contributed by atoms with van der Waals surface area (Å²) in [6.45, 7) is 4.26. The first-order chi connectivity index (χ1) is 15.7. The lowest BCUT2D eigenvalue weighted by atomic mass is 10.3. The molecule has 0 aliphatic carbocycles. The van der Waals surface area contributed by atoms with Gasteiger partial charge in [-0.1, -0.05) is 46.6 Å². The summed E-state index contributed by atoms with van der Waals surface area (Å²) >= 11 is 19.4. The van der Waals surface area contributed by atoms with Crippen LogP contribution >= 0.6 is 46.6 Å². The lowest BCUT2D eigenvalue weighted by Gasteiger charge is -2.16. The Balaban J connectivity index is 1.68. The number of ether oxygens (including phenoxy) is 1. The molecule has 1 unspecified atom stereocenters. The van der Waals surface area contributed by atoms with E-state index in [2.05, 4.69) is 15.5 Å². The van der Waals surface area contributed by atoms with Crippen molar-refractivity contribution in [3.63, 3.8) is 0 Å². The van der Waals surface area contributed by atoms with Crippen LogP contribution in [-0.4, -0.2) is 31.3 Å². The highest BCUT2D eigenvalue weighted by Crippen LogP contribution is 2.32. The fourth-order valence-corrected chi connectivity index (χ4v) is 4.15. The van der Waals surface area contributed by atoms with Crippen LogP contribution in [0.15, 0.2) is 41.6 Å². The number of amides is 1. The maximum Gasteiger partial charge on any atom is 0.271 e. The summed E-state index contributed by atoms with van der Waals surface area (Å²) in [6.07, 6.45) is -0.486. The van der Waals surface area contributed by atoms with E-state index in [0.29, 0.717) is 33.3 Å². The zero-order valence-electron chi connectivity index (χ0n) is 17.4. The van der Waals surface area contributed by atoms with Crippen molar-refractivity contribution in [3.05, 3.63) is 67.4 Å². The lowest BCUT2D eigenvalue weighted by molar-refractivity contribution is -0.384. The van der Waals surface area contributed by atoms with E-state index in [1.807, 2.05) is 11.5 Å². The molecule has 3 rings (SSSR count). The molecule has 0 aliphatic heterocycles. The second-order valence-corrected chi connectivity index (χ2v) is 8.87. The number of hydrogen-bond acceptors (Lipinski definition) is 7. The third-order valence-corrected chi connectivity index (χ3v) is 6.23. The molecule has 1 heterocycles. The molecule has 0 saturated carbocycles.